The predicted molar refractivity (Wildman–Crippen MR) is 136 cm³/mol. The van der Waals surface area contributed by atoms with Crippen molar-refractivity contribution in [1.82, 2.24) is 5.32 Å². The van der Waals surface area contributed by atoms with Crippen molar-refractivity contribution in [3.8, 4) is 5.75 Å². The number of nitrogens with zero attached hydrogens (tertiary/aromatic N) is 1. The maximum Gasteiger partial charge on any atom is 0.417 e. The molecule has 0 heterocycles. The zero-order chi connectivity index (χ0) is 27.2. The molecule has 0 radical (unpaired) electrons. The van der Waals surface area contributed by atoms with Gasteiger partial charge in [-0.25, -0.2) is 8.42 Å². The van der Waals surface area contributed by atoms with Gasteiger partial charge in [-0.3, -0.25) is 9.10 Å². The zero-order valence-corrected chi connectivity index (χ0v) is 21.8. The van der Waals surface area contributed by atoms with E-state index < -0.39 is 39.2 Å². The molecule has 3 rings (SSSR count). The Hall–Kier alpha value is -3.24. The van der Waals surface area contributed by atoms with E-state index in [0.717, 1.165) is 23.3 Å². The second kappa shape index (κ2) is 11.9. The molecule has 0 spiro atoms. The van der Waals surface area contributed by atoms with E-state index >= 15 is 0 Å². The Morgan fingerprint density at radius 1 is 1.05 bits per heavy atom. The lowest BCUT2D eigenvalue weighted by Crippen LogP contribution is -2.41. The number of halogens is 4. The van der Waals surface area contributed by atoms with Crippen molar-refractivity contribution in [3.05, 3.63) is 88.4 Å². The Morgan fingerprint density at radius 2 is 1.73 bits per heavy atom. The summed E-state index contributed by atoms with van der Waals surface area (Å²) >= 11 is 5.72. The Balaban J connectivity index is 1.82. The lowest BCUT2D eigenvalue weighted by Gasteiger charge is -2.25. The number of alkyl halides is 3. The number of sulfonamides is 1. The van der Waals surface area contributed by atoms with Crippen molar-refractivity contribution in [2.24, 2.45) is 0 Å². The van der Waals surface area contributed by atoms with E-state index in [2.05, 4.69) is 5.32 Å². The summed E-state index contributed by atoms with van der Waals surface area (Å²) in [6, 6.07) is 16.0. The standard InChI is InChI=1S/C26H26ClF3N2O4S/c1-18-9-12-21(13-10-18)37(34,35)32(20-11-14-23(27)22(16-20)26(28,29)30)17-25(33)31-15-5-7-19-6-3-4-8-24(19)36-2/h3-4,6,8-14,16H,5,7,15,17H2,1-2H3,(H,31,33). The van der Waals surface area contributed by atoms with E-state index in [0.29, 0.717) is 29.0 Å². The quantitative estimate of drug-likeness (QED) is 0.330. The molecule has 11 heteroatoms. The average Bonchev–Trinajstić information content (AvgIpc) is 2.85. The van der Waals surface area contributed by atoms with Gasteiger partial charge in [-0.1, -0.05) is 47.5 Å². The van der Waals surface area contributed by atoms with Crippen LogP contribution < -0.4 is 14.4 Å². The fourth-order valence-corrected chi connectivity index (χ4v) is 5.28. The van der Waals surface area contributed by atoms with Crippen LogP contribution in [0.1, 0.15) is 23.1 Å². The Bertz CT molecular complexity index is 1350. The van der Waals surface area contributed by atoms with Crippen LogP contribution in [-0.4, -0.2) is 34.5 Å². The van der Waals surface area contributed by atoms with Crippen LogP contribution in [0.25, 0.3) is 0 Å². The van der Waals surface area contributed by atoms with Gasteiger partial charge in [-0.05, 0) is 61.7 Å². The summed E-state index contributed by atoms with van der Waals surface area (Å²) in [5, 5.41) is 2.07. The van der Waals surface area contributed by atoms with Crippen LogP contribution in [0.5, 0.6) is 5.75 Å². The molecule has 0 saturated carbocycles. The van der Waals surface area contributed by atoms with E-state index in [4.69, 9.17) is 16.3 Å². The minimum atomic E-state index is -4.81. The molecule has 3 aromatic carbocycles. The molecule has 1 amide bonds. The van der Waals surface area contributed by atoms with E-state index in [9.17, 15) is 26.4 Å². The maximum absolute atomic E-state index is 13.5. The molecule has 0 saturated heterocycles. The lowest BCUT2D eigenvalue weighted by atomic mass is 10.1. The fraction of sp³-hybridized carbons (Fsp3) is 0.269. The number of nitrogens with one attached hydrogen (secondary N) is 1. The first kappa shape index (κ1) is 28.3. The number of amides is 1. The predicted octanol–water partition coefficient (Wildman–Crippen LogP) is 5.62. The third-order valence-corrected chi connectivity index (χ3v) is 7.69. The molecule has 198 valence electrons. The second-order valence-electron chi connectivity index (χ2n) is 8.25. The van der Waals surface area contributed by atoms with Gasteiger partial charge < -0.3 is 10.1 Å². The molecular weight excluding hydrogens is 529 g/mol. The first-order valence-electron chi connectivity index (χ1n) is 11.3. The molecular formula is C26H26ClF3N2O4S. The summed E-state index contributed by atoms with van der Waals surface area (Å²) in [7, 11) is -2.82. The van der Waals surface area contributed by atoms with Gasteiger partial charge in [0.05, 0.1) is 28.3 Å². The van der Waals surface area contributed by atoms with Crippen molar-refractivity contribution in [3.63, 3.8) is 0 Å². The van der Waals surface area contributed by atoms with E-state index in [1.54, 1.807) is 26.2 Å². The van der Waals surface area contributed by atoms with E-state index in [1.807, 2.05) is 24.3 Å². The first-order chi connectivity index (χ1) is 17.4. The van der Waals surface area contributed by atoms with Crippen LogP contribution in [0.2, 0.25) is 5.02 Å². The van der Waals surface area contributed by atoms with E-state index in [1.165, 1.54) is 12.1 Å². The van der Waals surface area contributed by atoms with Crippen molar-refractivity contribution in [1.29, 1.82) is 0 Å². The van der Waals surface area contributed by atoms with Gasteiger partial charge in [0.1, 0.15) is 12.3 Å². The number of anilines is 1. The highest BCUT2D eigenvalue weighted by atomic mass is 35.5. The highest BCUT2D eigenvalue weighted by Crippen LogP contribution is 2.38. The van der Waals surface area contributed by atoms with Crippen molar-refractivity contribution >= 4 is 33.2 Å². The molecule has 0 unspecified atom stereocenters. The number of carbonyl (C=O) groups excluding carboxylic acids is 1. The molecule has 6 nitrogen and oxygen atoms in total. The molecule has 0 aromatic heterocycles. The maximum atomic E-state index is 13.5. The average molecular weight is 555 g/mol. The van der Waals surface area contributed by atoms with Gasteiger partial charge in [0, 0.05) is 6.54 Å². The van der Waals surface area contributed by atoms with Crippen molar-refractivity contribution in [2.45, 2.75) is 30.8 Å². The smallest absolute Gasteiger partial charge is 0.417 e. The van der Waals surface area contributed by atoms with Crippen LogP contribution in [-0.2, 0) is 27.4 Å². The van der Waals surface area contributed by atoms with Crippen LogP contribution in [0.4, 0.5) is 18.9 Å². The minimum Gasteiger partial charge on any atom is -0.496 e. The van der Waals surface area contributed by atoms with Crippen LogP contribution >= 0.6 is 11.6 Å². The molecule has 0 fully saturated rings. The topological polar surface area (TPSA) is 75.7 Å². The molecule has 0 aliphatic rings. The van der Waals surface area contributed by atoms with Crippen LogP contribution in [0, 0.1) is 6.92 Å². The molecule has 1 N–H and O–H groups in total. The fourth-order valence-electron chi connectivity index (χ4n) is 3.64. The zero-order valence-electron chi connectivity index (χ0n) is 20.2. The molecule has 0 atom stereocenters. The number of aryl methyl sites for hydroxylation is 2. The number of carbonyl (C=O) groups is 1. The number of hydrogen-bond donors (Lipinski definition) is 1. The Morgan fingerprint density at radius 3 is 2.38 bits per heavy atom. The lowest BCUT2D eigenvalue weighted by molar-refractivity contribution is -0.137. The molecule has 0 bridgehead atoms. The number of rotatable bonds is 10. The van der Waals surface area contributed by atoms with Gasteiger partial charge in [0.2, 0.25) is 5.91 Å². The Kier molecular flexibility index (Phi) is 9.09. The second-order valence-corrected chi connectivity index (χ2v) is 10.5. The van der Waals surface area contributed by atoms with Gasteiger partial charge >= 0.3 is 6.18 Å². The van der Waals surface area contributed by atoms with Crippen molar-refractivity contribution in [2.75, 3.05) is 24.5 Å². The van der Waals surface area contributed by atoms with Crippen LogP contribution in [0.15, 0.2) is 71.6 Å². The molecule has 0 aliphatic carbocycles. The number of hydrogen-bond acceptors (Lipinski definition) is 4. The third kappa shape index (κ3) is 7.17. The first-order valence-corrected chi connectivity index (χ1v) is 13.1. The minimum absolute atomic E-state index is 0.161. The van der Waals surface area contributed by atoms with Gasteiger partial charge in [-0.15, -0.1) is 0 Å². The summed E-state index contributed by atoms with van der Waals surface area (Å²) in [6.07, 6.45) is -3.68. The highest BCUT2D eigenvalue weighted by Gasteiger charge is 2.35. The molecule has 0 aliphatic heterocycles. The number of methoxy groups -OCH3 is 1. The van der Waals surface area contributed by atoms with Gasteiger partial charge in [0.25, 0.3) is 10.0 Å². The largest absolute Gasteiger partial charge is 0.496 e. The summed E-state index contributed by atoms with van der Waals surface area (Å²) in [5.41, 5.74) is 0.210. The summed E-state index contributed by atoms with van der Waals surface area (Å²) in [6.45, 7) is 1.27. The van der Waals surface area contributed by atoms with Gasteiger partial charge in [0.15, 0.2) is 0 Å². The Labute approximate surface area is 219 Å². The van der Waals surface area contributed by atoms with Crippen LogP contribution in [0.3, 0.4) is 0 Å². The molecule has 3 aromatic rings. The SMILES string of the molecule is COc1ccccc1CCCNC(=O)CN(c1ccc(Cl)c(C(F)(F)F)c1)S(=O)(=O)c1ccc(C)cc1. The summed E-state index contributed by atoms with van der Waals surface area (Å²) in [4.78, 5) is 12.6. The normalized spacial score (nSPS) is 11.7. The van der Waals surface area contributed by atoms with Gasteiger partial charge in [-0.2, -0.15) is 13.2 Å². The summed E-state index contributed by atoms with van der Waals surface area (Å²) in [5.74, 6) is 0.0478. The van der Waals surface area contributed by atoms with E-state index in [-0.39, 0.29) is 17.1 Å². The number of benzene rings is 3. The molecule has 37 heavy (non-hydrogen) atoms. The third-order valence-electron chi connectivity index (χ3n) is 5.58. The number of para-hydroxylation sites is 1. The number of ether oxygens (including phenoxy) is 1. The van der Waals surface area contributed by atoms with Crippen molar-refractivity contribution < 1.29 is 31.1 Å². The highest BCUT2D eigenvalue weighted by molar-refractivity contribution is 7.92. The monoisotopic (exact) mass is 554 g/mol. The summed E-state index contributed by atoms with van der Waals surface area (Å²) < 4.78 is 73.2.